The first-order valence-electron chi connectivity index (χ1n) is 7.18. The van der Waals surface area contributed by atoms with E-state index in [2.05, 4.69) is 10.4 Å². The largest absolute Gasteiger partial charge is 0.478 e. The van der Waals surface area contributed by atoms with E-state index in [1.54, 1.807) is 48.5 Å². The zero-order valence-corrected chi connectivity index (χ0v) is 13.3. The Bertz CT molecular complexity index is 810. The van der Waals surface area contributed by atoms with Gasteiger partial charge in [-0.2, -0.15) is 5.43 Å². The Balaban J connectivity index is 1.96. The Morgan fingerprint density at radius 3 is 2.42 bits per heavy atom. The standard InChI is InChI=1S/C17H14ClN3O3/c18-10-17(16(23)24)19-11-21(20-17)14-9-5-4-8-13(14)15(22)12-6-2-1-3-7-12/h1-9,11,20H,10H2,(H,23,24). The smallest absolute Gasteiger partial charge is 0.349 e. The molecular weight excluding hydrogens is 330 g/mol. The average Bonchev–Trinajstić information content (AvgIpc) is 3.08. The molecule has 1 aliphatic heterocycles. The van der Waals surface area contributed by atoms with Gasteiger partial charge in [-0.15, -0.1) is 11.6 Å². The minimum Gasteiger partial charge on any atom is -0.478 e. The molecule has 1 heterocycles. The lowest BCUT2D eigenvalue weighted by Crippen LogP contribution is -2.54. The second-order valence-electron chi connectivity index (χ2n) is 5.24. The number of aliphatic carboxylic acids is 1. The number of alkyl halides is 1. The van der Waals surface area contributed by atoms with Gasteiger partial charge in [0.2, 0.25) is 5.66 Å². The summed E-state index contributed by atoms with van der Waals surface area (Å²) in [4.78, 5) is 28.1. The van der Waals surface area contributed by atoms with Crippen molar-refractivity contribution in [2.75, 3.05) is 10.9 Å². The van der Waals surface area contributed by atoms with Crippen molar-refractivity contribution >= 4 is 35.4 Å². The fourth-order valence-corrected chi connectivity index (χ4v) is 2.62. The summed E-state index contributed by atoms with van der Waals surface area (Å²) in [5.41, 5.74) is 2.59. The average molecular weight is 344 g/mol. The minimum atomic E-state index is -1.63. The van der Waals surface area contributed by atoms with Gasteiger partial charge in [0.05, 0.1) is 11.6 Å². The maximum absolute atomic E-state index is 12.7. The number of hydrogen-bond donors (Lipinski definition) is 2. The third kappa shape index (κ3) is 2.77. The number of carboxylic acids is 1. The summed E-state index contributed by atoms with van der Waals surface area (Å²) in [7, 11) is 0. The number of anilines is 1. The number of carbonyl (C=O) groups excluding carboxylic acids is 1. The summed E-state index contributed by atoms with van der Waals surface area (Å²) in [6.45, 7) is 0. The highest BCUT2D eigenvalue weighted by Gasteiger charge is 2.43. The van der Waals surface area contributed by atoms with Gasteiger partial charge >= 0.3 is 5.97 Å². The van der Waals surface area contributed by atoms with Crippen LogP contribution in [0.5, 0.6) is 0 Å². The fourth-order valence-electron chi connectivity index (χ4n) is 2.38. The van der Waals surface area contributed by atoms with Crippen LogP contribution in [-0.4, -0.2) is 34.7 Å². The van der Waals surface area contributed by atoms with Crippen LogP contribution >= 0.6 is 11.6 Å². The first-order valence-corrected chi connectivity index (χ1v) is 7.71. The summed E-state index contributed by atoms with van der Waals surface area (Å²) in [6.07, 6.45) is 1.33. The van der Waals surface area contributed by atoms with Crippen molar-refractivity contribution < 1.29 is 14.7 Å². The van der Waals surface area contributed by atoms with Crippen LogP contribution in [0.3, 0.4) is 0 Å². The van der Waals surface area contributed by atoms with Crippen LogP contribution in [0.25, 0.3) is 0 Å². The molecule has 1 aliphatic rings. The lowest BCUT2D eigenvalue weighted by atomic mass is 10.0. The van der Waals surface area contributed by atoms with Crippen molar-refractivity contribution in [3.8, 4) is 0 Å². The molecule has 0 spiro atoms. The van der Waals surface area contributed by atoms with Gasteiger partial charge in [-0.25, -0.2) is 9.79 Å². The summed E-state index contributed by atoms with van der Waals surface area (Å²) in [6, 6.07) is 15.8. The van der Waals surface area contributed by atoms with E-state index in [0.717, 1.165) is 0 Å². The Kier molecular flexibility index (Phi) is 4.33. The van der Waals surface area contributed by atoms with Crippen molar-refractivity contribution in [3.05, 3.63) is 65.7 Å². The Hall–Kier alpha value is -2.70. The van der Waals surface area contributed by atoms with E-state index < -0.39 is 11.6 Å². The molecule has 2 aromatic carbocycles. The lowest BCUT2D eigenvalue weighted by Gasteiger charge is -2.24. The number of ketones is 1. The molecule has 0 amide bonds. The normalized spacial score (nSPS) is 19.5. The highest BCUT2D eigenvalue weighted by molar-refractivity contribution is 6.21. The Morgan fingerprint density at radius 2 is 1.79 bits per heavy atom. The topological polar surface area (TPSA) is 82.0 Å². The van der Waals surface area contributed by atoms with Gasteiger partial charge in [-0.05, 0) is 12.1 Å². The van der Waals surface area contributed by atoms with Crippen LogP contribution in [0.1, 0.15) is 15.9 Å². The van der Waals surface area contributed by atoms with Crippen molar-refractivity contribution in [1.82, 2.24) is 5.43 Å². The van der Waals surface area contributed by atoms with E-state index in [1.165, 1.54) is 11.3 Å². The van der Waals surface area contributed by atoms with Crippen LogP contribution in [0.15, 0.2) is 59.6 Å². The monoisotopic (exact) mass is 343 g/mol. The van der Waals surface area contributed by atoms with Gasteiger partial charge in [-0.1, -0.05) is 42.5 Å². The van der Waals surface area contributed by atoms with E-state index in [1.807, 2.05) is 6.07 Å². The maximum atomic E-state index is 12.7. The van der Waals surface area contributed by atoms with Crippen LogP contribution in [0, 0.1) is 0 Å². The molecule has 3 rings (SSSR count). The Labute approximate surface area is 143 Å². The Morgan fingerprint density at radius 1 is 1.12 bits per heavy atom. The third-order valence-electron chi connectivity index (χ3n) is 3.69. The van der Waals surface area contributed by atoms with Gasteiger partial charge in [0, 0.05) is 11.1 Å². The van der Waals surface area contributed by atoms with Gasteiger partial charge in [-0.3, -0.25) is 9.80 Å². The number of benzene rings is 2. The number of nitrogens with zero attached hydrogens (tertiary/aromatic N) is 2. The van der Waals surface area contributed by atoms with Crippen LogP contribution in [0.2, 0.25) is 0 Å². The van der Waals surface area contributed by atoms with E-state index in [0.29, 0.717) is 16.8 Å². The summed E-state index contributed by atoms with van der Waals surface area (Å²) in [5, 5.41) is 10.7. The number of hydrogen-bond acceptors (Lipinski definition) is 5. The molecular formula is C17H14ClN3O3. The number of aliphatic imine (C=N–C) groups is 1. The molecule has 24 heavy (non-hydrogen) atoms. The molecule has 122 valence electrons. The second-order valence-corrected chi connectivity index (χ2v) is 5.50. The number of halogens is 1. The molecule has 0 fully saturated rings. The van der Waals surface area contributed by atoms with Gasteiger partial charge < -0.3 is 5.11 Å². The number of rotatable bonds is 5. The van der Waals surface area contributed by atoms with Gasteiger partial charge in [0.15, 0.2) is 5.78 Å². The van der Waals surface area contributed by atoms with Crippen molar-refractivity contribution in [3.63, 3.8) is 0 Å². The van der Waals surface area contributed by atoms with E-state index in [4.69, 9.17) is 11.6 Å². The van der Waals surface area contributed by atoms with Crippen LogP contribution < -0.4 is 10.4 Å². The molecule has 2 N–H and O–H groups in total. The molecule has 1 unspecified atom stereocenters. The van der Waals surface area contributed by atoms with Gasteiger partial charge in [0.25, 0.3) is 0 Å². The fraction of sp³-hybridized carbons (Fsp3) is 0.118. The number of nitrogens with one attached hydrogen (secondary N) is 1. The molecule has 0 bridgehead atoms. The summed E-state index contributed by atoms with van der Waals surface area (Å²) in [5.74, 6) is -1.60. The first kappa shape index (κ1) is 16.2. The number of para-hydroxylation sites is 1. The SMILES string of the molecule is O=C(c1ccccc1)c1ccccc1N1C=NC(CCl)(C(=O)O)N1. The predicted molar refractivity (Wildman–Crippen MR) is 91.5 cm³/mol. The van der Waals surface area contributed by atoms with E-state index in [-0.39, 0.29) is 11.7 Å². The zero-order chi connectivity index (χ0) is 17.2. The summed E-state index contributed by atoms with van der Waals surface area (Å²) >= 11 is 5.76. The minimum absolute atomic E-state index is 0.167. The number of hydrazine groups is 1. The maximum Gasteiger partial charge on any atom is 0.349 e. The van der Waals surface area contributed by atoms with E-state index >= 15 is 0 Å². The van der Waals surface area contributed by atoms with Crippen molar-refractivity contribution in [1.29, 1.82) is 0 Å². The van der Waals surface area contributed by atoms with Crippen LogP contribution in [0.4, 0.5) is 5.69 Å². The van der Waals surface area contributed by atoms with Crippen LogP contribution in [-0.2, 0) is 4.79 Å². The second kappa shape index (κ2) is 6.43. The number of carboxylic acid groups (broad SMARTS) is 1. The molecule has 0 saturated carbocycles. The zero-order valence-electron chi connectivity index (χ0n) is 12.5. The quantitative estimate of drug-likeness (QED) is 0.643. The summed E-state index contributed by atoms with van der Waals surface area (Å²) < 4.78 is 0. The molecule has 0 radical (unpaired) electrons. The molecule has 7 heteroatoms. The van der Waals surface area contributed by atoms with Crippen molar-refractivity contribution in [2.24, 2.45) is 4.99 Å². The highest BCUT2D eigenvalue weighted by atomic mass is 35.5. The lowest BCUT2D eigenvalue weighted by molar-refractivity contribution is -0.143. The first-order chi connectivity index (χ1) is 11.6. The molecule has 0 aliphatic carbocycles. The molecule has 6 nitrogen and oxygen atoms in total. The van der Waals surface area contributed by atoms with Gasteiger partial charge in [0.1, 0.15) is 6.34 Å². The number of carbonyl (C=O) groups is 2. The molecule has 1 atom stereocenters. The third-order valence-corrected chi connectivity index (χ3v) is 4.08. The highest BCUT2D eigenvalue weighted by Crippen LogP contribution is 2.26. The molecule has 2 aromatic rings. The molecule has 0 aromatic heterocycles. The molecule has 0 saturated heterocycles. The predicted octanol–water partition coefficient (Wildman–Crippen LogP) is 2.29. The van der Waals surface area contributed by atoms with Crippen molar-refractivity contribution in [2.45, 2.75) is 5.66 Å². The van der Waals surface area contributed by atoms with E-state index in [9.17, 15) is 14.7 Å².